The number of carboxylic acids is 1. The molecule has 1 aromatic carbocycles. The minimum absolute atomic E-state index is 0.311. The molecule has 0 aliphatic rings. The van der Waals surface area contributed by atoms with Gasteiger partial charge in [-0.05, 0) is 44.3 Å². The zero-order valence-electron chi connectivity index (χ0n) is 11.4. The van der Waals surface area contributed by atoms with Gasteiger partial charge in [0.05, 0.1) is 5.56 Å². The first-order valence-corrected chi connectivity index (χ1v) is 7.36. The SMILES string of the molecule is CCN(CC)CCCNc1cc(Br)ccc1C(=O)O. The molecule has 0 aromatic heterocycles. The Morgan fingerprint density at radius 1 is 1.37 bits per heavy atom. The zero-order valence-corrected chi connectivity index (χ0v) is 13.0. The monoisotopic (exact) mass is 328 g/mol. The first kappa shape index (κ1) is 16.0. The van der Waals surface area contributed by atoms with Gasteiger partial charge in [0.15, 0.2) is 0 Å². The summed E-state index contributed by atoms with van der Waals surface area (Å²) in [7, 11) is 0. The lowest BCUT2D eigenvalue weighted by atomic mass is 10.2. The Hall–Kier alpha value is -1.07. The third-order valence-electron chi connectivity index (χ3n) is 3.07. The third-order valence-corrected chi connectivity index (χ3v) is 3.57. The van der Waals surface area contributed by atoms with Crippen molar-refractivity contribution < 1.29 is 9.90 Å². The number of nitrogens with one attached hydrogen (secondary N) is 1. The number of benzene rings is 1. The van der Waals surface area contributed by atoms with Crippen LogP contribution in [0.5, 0.6) is 0 Å². The number of hydrogen-bond donors (Lipinski definition) is 2. The van der Waals surface area contributed by atoms with Crippen molar-refractivity contribution in [3.63, 3.8) is 0 Å². The smallest absolute Gasteiger partial charge is 0.337 e. The van der Waals surface area contributed by atoms with Crippen LogP contribution in [0.2, 0.25) is 0 Å². The largest absolute Gasteiger partial charge is 0.478 e. The molecule has 0 aliphatic heterocycles. The van der Waals surface area contributed by atoms with Crippen LogP contribution < -0.4 is 5.32 Å². The van der Waals surface area contributed by atoms with E-state index in [1.165, 1.54) is 0 Å². The summed E-state index contributed by atoms with van der Waals surface area (Å²) in [5.74, 6) is -0.904. The highest BCUT2D eigenvalue weighted by atomic mass is 79.9. The van der Waals surface area contributed by atoms with Crippen molar-refractivity contribution in [2.75, 3.05) is 31.5 Å². The molecule has 0 bridgehead atoms. The summed E-state index contributed by atoms with van der Waals surface area (Å²) in [5.41, 5.74) is 0.979. The fourth-order valence-corrected chi connectivity index (χ4v) is 2.28. The van der Waals surface area contributed by atoms with Crippen LogP contribution >= 0.6 is 15.9 Å². The molecule has 0 atom stereocenters. The summed E-state index contributed by atoms with van der Waals surface area (Å²) >= 11 is 3.36. The molecule has 4 nitrogen and oxygen atoms in total. The Kier molecular flexibility index (Phi) is 6.87. The standard InChI is InChI=1S/C14H21BrN2O2/c1-3-17(4-2)9-5-8-16-13-10-11(15)6-7-12(13)14(18)19/h6-7,10,16H,3-5,8-9H2,1-2H3,(H,18,19). The van der Waals surface area contributed by atoms with E-state index in [4.69, 9.17) is 5.11 Å². The lowest BCUT2D eigenvalue weighted by molar-refractivity contribution is 0.0698. The van der Waals surface area contributed by atoms with Gasteiger partial charge in [0.25, 0.3) is 0 Å². The van der Waals surface area contributed by atoms with Crippen LogP contribution in [0.15, 0.2) is 22.7 Å². The van der Waals surface area contributed by atoms with Gasteiger partial charge in [-0.25, -0.2) is 4.79 Å². The Morgan fingerprint density at radius 2 is 2.05 bits per heavy atom. The molecule has 106 valence electrons. The van der Waals surface area contributed by atoms with Crippen molar-refractivity contribution >= 4 is 27.6 Å². The van der Waals surface area contributed by atoms with E-state index in [9.17, 15) is 4.79 Å². The van der Waals surface area contributed by atoms with E-state index in [0.29, 0.717) is 11.3 Å². The van der Waals surface area contributed by atoms with E-state index in [2.05, 4.69) is 40.0 Å². The fourth-order valence-electron chi connectivity index (χ4n) is 1.91. The van der Waals surface area contributed by atoms with Crippen LogP contribution in [-0.4, -0.2) is 42.2 Å². The second-order valence-corrected chi connectivity index (χ2v) is 5.22. The van der Waals surface area contributed by atoms with E-state index in [1.54, 1.807) is 18.2 Å². The number of aromatic carboxylic acids is 1. The van der Waals surface area contributed by atoms with Crippen molar-refractivity contribution in [3.8, 4) is 0 Å². The number of nitrogens with zero attached hydrogens (tertiary/aromatic N) is 1. The predicted molar refractivity (Wildman–Crippen MR) is 82.0 cm³/mol. The molecule has 0 spiro atoms. The number of rotatable bonds is 8. The van der Waals surface area contributed by atoms with Gasteiger partial charge in [-0.15, -0.1) is 0 Å². The van der Waals surface area contributed by atoms with Crippen LogP contribution in [0.4, 0.5) is 5.69 Å². The highest BCUT2D eigenvalue weighted by molar-refractivity contribution is 9.10. The molecular weight excluding hydrogens is 308 g/mol. The van der Waals surface area contributed by atoms with Crippen LogP contribution in [0.3, 0.4) is 0 Å². The molecule has 0 radical (unpaired) electrons. The summed E-state index contributed by atoms with van der Waals surface area (Å²) < 4.78 is 0.878. The maximum atomic E-state index is 11.1. The minimum atomic E-state index is -0.904. The van der Waals surface area contributed by atoms with Gasteiger partial charge in [0.1, 0.15) is 0 Å². The van der Waals surface area contributed by atoms with Crippen molar-refractivity contribution in [1.29, 1.82) is 0 Å². The minimum Gasteiger partial charge on any atom is -0.478 e. The molecule has 0 unspecified atom stereocenters. The van der Waals surface area contributed by atoms with Gasteiger partial charge in [-0.1, -0.05) is 29.8 Å². The summed E-state index contributed by atoms with van der Waals surface area (Å²) in [6.07, 6.45) is 0.993. The lowest BCUT2D eigenvalue weighted by Crippen LogP contribution is -2.25. The average Bonchev–Trinajstić information content (AvgIpc) is 2.38. The molecule has 0 saturated heterocycles. The first-order valence-electron chi connectivity index (χ1n) is 6.57. The molecule has 5 heteroatoms. The zero-order chi connectivity index (χ0) is 14.3. The van der Waals surface area contributed by atoms with Gasteiger partial charge >= 0.3 is 5.97 Å². The van der Waals surface area contributed by atoms with Gasteiger partial charge in [-0.2, -0.15) is 0 Å². The van der Waals surface area contributed by atoms with Gasteiger partial charge in [0, 0.05) is 16.7 Å². The Labute approximate surface area is 122 Å². The predicted octanol–water partition coefficient (Wildman–Crippen LogP) is 3.29. The summed E-state index contributed by atoms with van der Waals surface area (Å²) in [5, 5.41) is 12.3. The lowest BCUT2D eigenvalue weighted by Gasteiger charge is -2.18. The van der Waals surface area contributed by atoms with E-state index in [1.807, 2.05) is 0 Å². The fraction of sp³-hybridized carbons (Fsp3) is 0.500. The van der Waals surface area contributed by atoms with Gasteiger partial charge in [0.2, 0.25) is 0 Å². The number of anilines is 1. The molecule has 2 N–H and O–H groups in total. The highest BCUT2D eigenvalue weighted by Gasteiger charge is 2.09. The molecule has 0 heterocycles. The van der Waals surface area contributed by atoms with E-state index >= 15 is 0 Å². The van der Waals surface area contributed by atoms with Crippen LogP contribution in [0.25, 0.3) is 0 Å². The maximum Gasteiger partial charge on any atom is 0.337 e. The van der Waals surface area contributed by atoms with Gasteiger partial charge < -0.3 is 15.3 Å². The third kappa shape index (κ3) is 5.20. The van der Waals surface area contributed by atoms with E-state index in [0.717, 1.165) is 37.1 Å². The Morgan fingerprint density at radius 3 is 2.63 bits per heavy atom. The molecule has 0 amide bonds. The second-order valence-electron chi connectivity index (χ2n) is 4.30. The molecule has 1 rings (SSSR count). The summed E-state index contributed by atoms with van der Waals surface area (Å²) in [4.78, 5) is 13.5. The van der Waals surface area contributed by atoms with Crippen molar-refractivity contribution in [2.24, 2.45) is 0 Å². The molecule has 0 fully saturated rings. The van der Waals surface area contributed by atoms with Crippen molar-refractivity contribution in [1.82, 2.24) is 4.90 Å². The second kappa shape index (κ2) is 8.17. The topological polar surface area (TPSA) is 52.6 Å². The molecule has 0 saturated carbocycles. The average molecular weight is 329 g/mol. The highest BCUT2D eigenvalue weighted by Crippen LogP contribution is 2.21. The summed E-state index contributed by atoms with van der Waals surface area (Å²) in [6, 6.07) is 5.16. The molecule has 1 aromatic rings. The van der Waals surface area contributed by atoms with Crippen molar-refractivity contribution in [3.05, 3.63) is 28.2 Å². The number of halogens is 1. The van der Waals surface area contributed by atoms with E-state index in [-0.39, 0.29) is 0 Å². The molecular formula is C14H21BrN2O2. The van der Waals surface area contributed by atoms with Crippen LogP contribution in [0.1, 0.15) is 30.6 Å². The normalized spacial score (nSPS) is 10.7. The maximum absolute atomic E-state index is 11.1. The number of carboxylic acid groups (broad SMARTS) is 1. The Bertz CT molecular complexity index is 420. The van der Waals surface area contributed by atoms with Crippen LogP contribution in [0, 0.1) is 0 Å². The quantitative estimate of drug-likeness (QED) is 0.719. The number of carbonyl (C=O) groups is 1. The molecule has 0 aliphatic carbocycles. The number of hydrogen-bond acceptors (Lipinski definition) is 3. The van der Waals surface area contributed by atoms with Gasteiger partial charge in [-0.3, -0.25) is 0 Å². The van der Waals surface area contributed by atoms with E-state index < -0.39 is 5.97 Å². The van der Waals surface area contributed by atoms with Crippen molar-refractivity contribution in [2.45, 2.75) is 20.3 Å². The Balaban J connectivity index is 2.53. The first-order chi connectivity index (χ1) is 9.08. The summed E-state index contributed by atoms with van der Waals surface area (Å²) in [6.45, 7) is 8.19. The molecule has 19 heavy (non-hydrogen) atoms. The van der Waals surface area contributed by atoms with Crippen LogP contribution in [-0.2, 0) is 0 Å².